The van der Waals surface area contributed by atoms with E-state index in [2.05, 4.69) is 94.8 Å². The third kappa shape index (κ3) is 2.53. The van der Waals surface area contributed by atoms with Crippen molar-refractivity contribution >= 4 is 81.4 Å². The molecule has 0 saturated carbocycles. The van der Waals surface area contributed by atoms with Crippen LogP contribution in [-0.4, -0.2) is 0 Å². The van der Waals surface area contributed by atoms with E-state index in [1.165, 1.54) is 32.7 Å². The summed E-state index contributed by atoms with van der Waals surface area (Å²) in [6, 6.07) is 35.9. The van der Waals surface area contributed by atoms with Crippen LogP contribution in [0.4, 0.5) is 0 Å². The fraction of sp³-hybridized carbons (Fsp3) is 0. The summed E-state index contributed by atoms with van der Waals surface area (Å²) in [5, 5.41) is 9.26. The van der Waals surface area contributed by atoms with Gasteiger partial charge in [0, 0.05) is 26.0 Å². The number of fused-ring (bicyclic) bond motifs is 9. The number of hydrogen-bond acceptors (Lipinski definition) is 2. The third-order valence-electron chi connectivity index (χ3n) is 7.14. The average Bonchev–Trinajstić information content (AvgIpc) is 3.47. The molecule has 0 aliphatic carbocycles. The summed E-state index contributed by atoms with van der Waals surface area (Å²) in [7, 11) is 0. The molecule has 0 atom stereocenters. The van der Waals surface area contributed by atoms with Crippen LogP contribution in [0, 0.1) is 0 Å². The van der Waals surface area contributed by atoms with Gasteiger partial charge in [0.25, 0.3) is 0 Å². The average molecular weight is 513 g/mol. The number of halogens is 1. The SMILES string of the molecule is Brc1c2ccccc2c(-c2cccc3oc4ccc5oc6ccccc6c5c4c23)c2ccccc12. The molecule has 0 radical (unpaired) electrons. The molecule has 164 valence electrons. The Morgan fingerprint density at radius 1 is 0.400 bits per heavy atom. The van der Waals surface area contributed by atoms with E-state index in [-0.39, 0.29) is 0 Å². The molecule has 2 aromatic heterocycles. The molecule has 2 nitrogen and oxygen atoms in total. The highest BCUT2D eigenvalue weighted by Crippen LogP contribution is 2.47. The van der Waals surface area contributed by atoms with E-state index in [4.69, 9.17) is 8.83 Å². The molecular weight excluding hydrogens is 496 g/mol. The van der Waals surface area contributed by atoms with E-state index in [1.807, 2.05) is 24.3 Å². The fourth-order valence-electron chi connectivity index (χ4n) is 5.70. The van der Waals surface area contributed by atoms with Crippen LogP contribution < -0.4 is 0 Å². The Bertz CT molecular complexity index is 2070. The Morgan fingerprint density at radius 2 is 0.914 bits per heavy atom. The number of benzene rings is 6. The minimum atomic E-state index is 0.872. The van der Waals surface area contributed by atoms with E-state index in [9.17, 15) is 0 Å². The van der Waals surface area contributed by atoms with Gasteiger partial charge in [-0.25, -0.2) is 0 Å². The van der Waals surface area contributed by atoms with Crippen molar-refractivity contribution in [3.05, 3.63) is 108 Å². The first kappa shape index (κ1) is 19.2. The molecule has 0 aliphatic rings. The Kier molecular flexibility index (Phi) is 3.83. The van der Waals surface area contributed by atoms with Gasteiger partial charge in [-0.3, -0.25) is 0 Å². The van der Waals surface area contributed by atoms with Gasteiger partial charge in [-0.15, -0.1) is 0 Å². The molecular formula is C32H17BrO2. The van der Waals surface area contributed by atoms with Crippen molar-refractivity contribution in [3.8, 4) is 11.1 Å². The van der Waals surface area contributed by atoms with Crippen LogP contribution in [0.5, 0.6) is 0 Å². The van der Waals surface area contributed by atoms with Crippen LogP contribution in [0.15, 0.2) is 116 Å². The van der Waals surface area contributed by atoms with Gasteiger partial charge in [0.15, 0.2) is 0 Å². The number of para-hydroxylation sites is 1. The first-order valence-electron chi connectivity index (χ1n) is 11.6. The third-order valence-corrected chi connectivity index (χ3v) is 7.99. The number of hydrogen-bond donors (Lipinski definition) is 0. The van der Waals surface area contributed by atoms with Crippen LogP contribution in [0.1, 0.15) is 0 Å². The second kappa shape index (κ2) is 6.97. The van der Waals surface area contributed by atoms with E-state index < -0.39 is 0 Å². The maximum absolute atomic E-state index is 6.44. The summed E-state index contributed by atoms with van der Waals surface area (Å²) in [5.74, 6) is 0. The zero-order valence-electron chi connectivity index (χ0n) is 18.5. The highest BCUT2D eigenvalue weighted by Gasteiger charge is 2.21. The molecule has 2 heterocycles. The lowest BCUT2D eigenvalue weighted by molar-refractivity contribution is 0.663. The topological polar surface area (TPSA) is 26.3 Å². The molecule has 0 spiro atoms. The first-order chi connectivity index (χ1) is 17.3. The van der Waals surface area contributed by atoms with Gasteiger partial charge in [0.05, 0.1) is 0 Å². The lowest BCUT2D eigenvalue weighted by atomic mass is 9.89. The molecule has 0 saturated heterocycles. The first-order valence-corrected chi connectivity index (χ1v) is 12.4. The van der Waals surface area contributed by atoms with Crippen LogP contribution in [0.25, 0.3) is 76.5 Å². The maximum atomic E-state index is 6.44. The van der Waals surface area contributed by atoms with Crippen LogP contribution in [0.2, 0.25) is 0 Å². The van der Waals surface area contributed by atoms with Crippen LogP contribution in [-0.2, 0) is 0 Å². The van der Waals surface area contributed by atoms with E-state index in [0.29, 0.717) is 0 Å². The molecule has 3 heteroatoms. The second-order valence-electron chi connectivity index (χ2n) is 8.97. The minimum Gasteiger partial charge on any atom is -0.456 e. The van der Waals surface area contributed by atoms with Crippen LogP contribution in [0.3, 0.4) is 0 Å². The normalized spacial score (nSPS) is 12.1. The van der Waals surface area contributed by atoms with Gasteiger partial charge in [-0.1, -0.05) is 78.9 Å². The van der Waals surface area contributed by atoms with E-state index >= 15 is 0 Å². The Hall–Kier alpha value is -4.08. The molecule has 0 bridgehead atoms. The molecule has 0 aliphatic heterocycles. The predicted molar refractivity (Wildman–Crippen MR) is 149 cm³/mol. The maximum Gasteiger partial charge on any atom is 0.136 e. The van der Waals surface area contributed by atoms with Gasteiger partial charge < -0.3 is 8.83 Å². The Morgan fingerprint density at radius 3 is 1.63 bits per heavy atom. The summed E-state index contributed by atoms with van der Waals surface area (Å²) in [6.07, 6.45) is 0. The van der Waals surface area contributed by atoms with Gasteiger partial charge in [-0.2, -0.15) is 0 Å². The minimum absolute atomic E-state index is 0.872. The highest BCUT2D eigenvalue weighted by atomic mass is 79.9. The van der Waals surface area contributed by atoms with Crippen molar-refractivity contribution in [3.63, 3.8) is 0 Å². The summed E-state index contributed by atoms with van der Waals surface area (Å²) >= 11 is 3.89. The van der Waals surface area contributed by atoms with Gasteiger partial charge in [-0.05, 0) is 72.9 Å². The van der Waals surface area contributed by atoms with Crippen molar-refractivity contribution in [1.82, 2.24) is 0 Å². The largest absolute Gasteiger partial charge is 0.456 e. The van der Waals surface area contributed by atoms with E-state index in [0.717, 1.165) is 48.3 Å². The van der Waals surface area contributed by atoms with Gasteiger partial charge >= 0.3 is 0 Å². The van der Waals surface area contributed by atoms with Crippen molar-refractivity contribution in [1.29, 1.82) is 0 Å². The monoisotopic (exact) mass is 512 g/mol. The number of furan rings is 2. The summed E-state index contributed by atoms with van der Waals surface area (Å²) < 4.78 is 13.8. The highest BCUT2D eigenvalue weighted by molar-refractivity contribution is 9.10. The van der Waals surface area contributed by atoms with Crippen molar-refractivity contribution < 1.29 is 8.83 Å². The molecule has 0 fully saturated rings. The molecule has 8 aromatic rings. The fourth-order valence-corrected chi connectivity index (χ4v) is 6.39. The zero-order chi connectivity index (χ0) is 23.1. The quantitative estimate of drug-likeness (QED) is 0.204. The lowest BCUT2D eigenvalue weighted by Crippen LogP contribution is -1.88. The second-order valence-corrected chi connectivity index (χ2v) is 9.76. The molecule has 8 rings (SSSR count). The standard InChI is InChI=1S/C32H17BrO2/c33-32-20-10-3-1-8-18(20)28(19-9-2-4-11-21(19)32)23-13-7-15-25-30(23)31-27(35-25)17-16-26-29(31)22-12-5-6-14-24(22)34-26/h1-17H. The Balaban J connectivity index is 1.65. The van der Waals surface area contributed by atoms with E-state index in [1.54, 1.807) is 0 Å². The summed E-state index contributed by atoms with van der Waals surface area (Å²) in [4.78, 5) is 0. The molecule has 0 N–H and O–H groups in total. The molecule has 35 heavy (non-hydrogen) atoms. The molecule has 0 unspecified atom stereocenters. The van der Waals surface area contributed by atoms with Crippen molar-refractivity contribution in [2.75, 3.05) is 0 Å². The molecule has 0 amide bonds. The zero-order valence-corrected chi connectivity index (χ0v) is 20.1. The van der Waals surface area contributed by atoms with Crippen molar-refractivity contribution in [2.24, 2.45) is 0 Å². The van der Waals surface area contributed by atoms with Gasteiger partial charge in [0.1, 0.15) is 22.3 Å². The Labute approximate surface area is 208 Å². The number of rotatable bonds is 1. The smallest absolute Gasteiger partial charge is 0.136 e. The summed E-state index contributed by atoms with van der Waals surface area (Å²) in [6.45, 7) is 0. The van der Waals surface area contributed by atoms with Crippen molar-refractivity contribution in [2.45, 2.75) is 0 Å². The molecule has 6 aromatic carbocycles. The van der Waals surface area contributed by atoms with Gasteiger partial charge in [0.2, 0.25) is 0 Å². The summed E-state index contributed by atoms with van der Waals surface area (Å²) in [5.41, 5.74) is 5.91. The predicted octanol–water partition coefficient (Wildman–Crippen LogP) is 10.2. The lowest BCUT2D eigenvalue weighted by Gasteiger charge is -2.15. The van der Waals surface area contributed by atoms with Crippen LogP contribution >= 0.6 is 15.9 Å².